The Bertz CT molecular complexity index is 760. The van der Waals surface area contributed by atoms with E-state index in [1.165, 1.54) is 16.5 Å². The van der Waals surface area contributed by atoms with Crippen molar-refractivity contribution < 1.29 is 4.74 Å². The van der Waals surface area contributed by atoms with Crippen LogP contribution in [0.3, 0.4) is 0 Å². The highest BCUT2D eigenvalue weighted by molar-refractivity contribution is 5.84. The molecular formula is C19H22N2O. The van der Waals surface area contributed by atoms with Crippen LogP contribution in [0.4, 0.5) is 0 Å². The number of aromatic nitrogens is 1. The van der Waals surface area contributed by atoms with Gasteiger partial charge in [-0.1, -0.05) is 24.3 Å². The third kappa shape index (κ3) is 2.85. The molecule has 2 aromatic carbocycles. The molecule has 0 aliphatic carbocycles. The minimum absolute atomic E-state index is 0.414. The van der Waals surface area contributed by atoms with E-state index < -0.39 is 0 Å². The molecule has 0 radical (unpaired) electrons. The summed E-state index contributed by atoms with van der Waals surface area (Å²) in [6.45, 7) is 5.51. The van der Waals surface area contributed by atoms with Crippen LogP contribution in [-0.4, -0.2) is 4.57 Å². The summed E-state index contributed by atoms with van der Waals surface area (Å²) < 4.78 is 8.21. The minimum Gasteiger partial charge on any atom is -0.489 e. The van der Waals surface area contributed by atoms with Crippen molar-refractivity contribution in [2.24, 2.45) is 5.73 Å². The van der Waals surface area contributed by atoms with Crippen LogP contribution in [-0.2, 0) is 13.2 Å². The first-order chi connectivity index (χ1) is 10.7. The van der Waals surface area contributed by atoms with E-state index in [0.29, 0.717) is 19.2 Å². The van der Waals surface area contributed by atoms with Crippen LogP contribution in [0.1, 0.15) is 31.0 Å². The number of nitrogens with zero attached hydrogens (tertiary/aromatic N) is 1. The second-order valence-electron chi connectivity index (χ2n) is 5.81. The molecule has 2 N–H and O–H groups in total. The van der Waals surface area contributed by atoms with Gasteiger partial charge in [0.15, 0.2) is 0 Å². The van der Waals surface area contributed by atoms with Gasteiger partial charge in [-0.25, -0.2) is 0 Å². The van der Waals surface area contributed by atoms with E-state index in [2.05, 4.69) is 42.8 Å². The Balaban J connectivity index is 1.97. The van der Waals surface area contributed by atoms with Crippen molar-refractivity contribution in [3.05, 3.63) is 65.9 Å². The van der Waals surface area contributed by atoms with E-state index in [1.807, 2.05) is 30.3 Å². The number of hydrogen-bond acceptors (Lipinski definition) is 2. The Morgan fingerprint density at radius 2 is 1.86 bits per heavy atom. The Morgan fingerprint density at radius 3 is 2.55 bits per heavy atom. The Labute approximate surface area is 131 Å². The SMILES string of the molecule is CC(C)n1cc(COc2ccccc2)c2cc(CN)ccc21. The summed E-state index contributed by atoms with van der Waals surface area (Å²) in [5.41, 5.74) is 9.36. The zero-order valence-electron chi connectivity index (χ0n) is 13.1. The maximum Gasteiger partial charge on any atom is 0.119 e. The summed E-state index contributed by atoms with van der Waals surface area (Å²) in [5, 5.41) is 1.23. The number of rotatable bonds is 5. The van der Waals surface area contributed by atoms with E-state index in [-0.39, 0.29) is 0 Å². The molecule has 3 heteroatoms. The first-order valence-corrected chi connectivity index (χ1v) is 7.69. The molecule has 0 aliphatic rings. The number of benzene rings is 2. The van der Waals surface area contributed by atoms with Crippen molar-refractivity contribution in [1.29, 1.82) is 0 Å². The largest absolute Gasteiger partial charge is 0.489 e. The van der Waals surface area contributed by atoms with Crippen molar-refractivity contribution in [2.45, 2.75) is 33.0 Å². The molecular weight excluding hydrogens is 272 g/mol. The molecule has 0 bridgehead atoms. The zero-order valence-corrected chi connectivity index (χ0v) is 13.1. The minimum atomic E-state index is 0.414. The molecule has 0 unspecified atom stereocenters. The van der Waals surface area contributed by atoms with Gasteiger partial charge in [-0.2, -0.15) is 0 Å². The van der Waals surface area contributed by atoms with E-state index in [0.717, 1.165) is 11.3 Å². The van der Waals surface area contributed by atoms with Crippen LogP contribution in [0.5, 0.6) is 5.75 Å². The topological polar surface area (TPSA) is 40.2 Å². The summed E-state index contributed by atoms with van der Waals surface area (Å²) in [6.07, 6.45) is 2.19. The van der Waals surface area contributed by atoms with Gasteiger partial charge in [0.25, 0.3) is 0 Å². The van der Waals surface area contributed by atoms with Gasteiger partial charge in [-0.3, -0.25) is 0 Å². The van der Waals surface area contributed by atoms with Crippen LogP contribution in [0.2, 0.25) is 0 Å². The molecule has 1 heterocycles. The fraction of sp³-hybridized carbons (Fsp3) is 0.263. The van der Waals surface area contributed by atoms with Gasteiger partial charge in [0.05, 0.1) is 0 Å². The predicted octanol–water partition coefficient (Wildman–Crippen LogP) is 4.26. The summed E-state index contributed by atoms with van der Waals surface area (Å²) in [5.74, 6) is 0.892. The molecule has 0 amide bonds. The van der Waals surface area contributed by atoms with Crippen LogP contribution in [0, 0.1) is 0 Å². The predicted molar refractivity (Wildman–Crippen MR) is 91.0 cm³/mol. The summed E-state index contributed by atoms with van der Waals surface area (Å²) in [7, 11) is 0. The molecule has 0 spiro atoms. The summed E-state index contributed by atoms with van der Waals surface area (Å²) in [6, 6.07) is 16.8. The number of nitrogens with two attached hydrogens (primary N) is 1. The molecule has 0 saturated heterocycles. The quantitative estimate of drug-likeness (QED) is 0.763. The lowest BCUT2D eigenvalue weighted by molar-refractivity contribution is 0.307. The molecule has 3 nitrogen and oxygen atoms in total. The molecule has 1 aromatic heterocycles. The molecule has 114 valence electrons. The third-order valence-electron chi connectivity index (χ3n) is 3.91. The first-order valence-electron chi connectivity index (χ1n) is 7.69. The molecule has 3 aromatic rings. The molecule has 0 atom stereocenters. The van der Waals surface area contributed by atoms with E-state index in [1.54, 1.807) is 0 Å². The highest BCUT2D eigenvalue weighted by atomic mass is 16.5. The maximum atomic E-state index is 5.92. The van der Waals surface area contributed by atoms with Crippen LogP contribution in [0.25, 0.3) is 10.9 Å². The molecule has 0 saturated carbocycles. The highest BCUT2D eigenvalue weighted by Crippen LogP contribution is 2.27. The lowest BCUT2D eigenvalue weighted by Gasteiger charge is -2.09. The third-order valence-corrected chi connectivity index (χ3v) is 3.91. The fourth-order valence-electron chi connectivity index (χ4n) is 2.72. The van der Waals surface area contributed by atoms with Gasteiger partial charge in [0.1, 0.15) is 12.4 Å². The normalized spacial score (nSPS) is 11.3. The number of para-hydroxylation sites is 1. The van der Waals surface area contributed by atoms with Crippen molar-refractivity contribution in [3.8, 4) is 5.75 Å². The Morgan fingerprint density at radius 1 is 1.09 bits per heavy atom. The average Bonchev–Trinajstić information content (AvgIpc) is 2.92. The second-order valence-corrected chi connectivity index (χ2v) is 5.81. The molecule has 0 aliphatic heterocycles. The molecule has 22 heavy (non-hydrogen) atoms. The summed E-state index contributed by atoms with van der Waals surface area (Å²) >= 11 is 0. The fourth-order valence-corrected chi connectivity index (χ4v) is 2.72. The van der Waals surface area contributed by atoms with Gasteiger partial charge < -0.3 is 15.0 Å². The summed E-state index contributed by atoms with van der Waals surface area (Å²) in [4.78, 5) is 0. The Hall–Kier alpha value is -2.26. The van der Waals surface area contributed by atoms with Gasteiger partial charge in [-0.05, 0) is 43.7 Å². The van der Waals surface area contributed by atoms with Crippen molar-refractivity contribution in [1.82, 2.24) is 4.57 Å². The monoisotopic (exact) mass is 294 g/mol. The standard InChI is InChI=1S/C19H22N2O/c1-14(2)21-12-16(13-22-17-6-4-3-5-7-17)18-10-15(11-20)8-9-19(18)21/h3-10,12,14H,11,13,20H2,1-2H3. The molecule has 3 rings (SSSR count). The van der Waals surface area contributed by atoms with E-state index in [9.17, 15) is 0 Å². The van der Waals surface area contributed by atoms with Crippen LogP contribution >= 0.6 is 0 Å². The maximum absolute atomic E-state index is 5.92. The van der Waals surface area contributed by atoms with Crippen molar-refractivity contribution in [2.75, 3.05) is 0 Å². The number of hydrogen-bond donors (Lipinski definition) is 1. The second kappa shape index (κ2) is 6.24. The lowest BCUT2D eigenvalue weighted by atomic mass is 10.1. The van der Waals surface area contributed by atoms with E-state index in [4.69, 9.17) is 10.5 Å². The van der Waals surface area contributed by atoms with Gasteiger partial charge in [-0.15, -0.1) is 0 Å². The Kier molecular flexibility index (Phi) is 4.16. The van der Waals surface area contributed by atoms with Crippen molar-refractivity contribution >= 4 is 10.9 Å². The molecule has 0 fully saturated rings. The van der Waals surface area contributed by atoms with Gasteiger partial charge in [0.2, 0.25) is 0 Å². The lowest BCUT2D eigenvalue weighted by Crippen LogP contribution is -1.99. The average molecular weight is 294 g/mol. The van der Waals surface area contributed by atoms with Gasteiger partial charge in [0, 0.05) is 35.2 Å². The first kappa shape index (κ1) is 14.7. The number of fused-ring (bicyclic) bond motifs is 1. The van der Waals surface area contributed by atoms with Gasteiger partial charge >= 0.3 is 0 Å². The van der Waals surface area contributed by atoms with Crippen LogP contribution in [0.15, 0.2) is 54.7 Å². The smallest absolute Gasteiger partial charge is 0.119 e. The number of ether oxygens (including phenoxy) is 1. The van der Waals surface area contributed by atoms with Crippen LogP contribution < -0.4 is 10.5 Å². The highest BCUT2D eigenvalue weighted by Gasteiger charge is 2.11. The zero-order chi connectivity index (χ0) is 15.5. The van der Waals surface area contributed by atoms with E-state index >= 15 is 0 Å². The van der Waals surface area contributed by atoms with Crippen molar-refractivity contribution in [3.63, 3.8) is 0 Å².